The molecule has 3 nitrogen and oxygen atoms in total. The maximum atomic E-state index is 13.0. The molecule has 1 atom stereocenters. The summed E-state index contributed by atoms with van der Waals surface area (Å²) in [6, 6.07) is 3.75. The quantitative estimate of drug-likeness (QED) is 0.819. The third-order valence-electron chi connectivity index (χ3n) is 2.44. The van der Waals surface area contributed by atoms with Gasteiger partial charge in [0, 0.05) is 13.5 Å². The molecular formula is C12H16FNO2. The second kappa shape index (κ2) is 5.72. The van der Waals surface area contributed by atoms with Crippen LogP contribution in [0.15, 0.2) is 18.2 Å². The van der Waals surface area contributed by atoms with Crippen LogP contribution in [0.5, 0.6) is 0 Å². The molecule has 0 saturated heterocycles. The predicted molar refractivity (Wildman–Crippen MR) is 59.7 cm³/mol. The first-order chi connectivity index (χ1) is 7.54. The molecule has 1 unspecified atom stereocenters. The fraction of sp³-hybridized carbons (Fsp3) is 0.417. The zero-order chi connectivity index (χ0) is 12.1. The molecule has 0 heterocycles. The zero-order valence-electron chi connectivity index (χ0n) is 9.50. The van der Waals surface area contributed by atoms with E-state index in [0.717, 1.165) is 5.56 Å². The summed E-state index contributed by atoms with van der Waals surface area (Å²) in [6.45, 7) is 2.02. The minimum Gasteiger partial charge on any atom is -0.383 e. The van der Waals surface area contributed by atoms with Crippen LogP contribution in [0.25, 0.3) is 0 Å². The highest BCUT2D eigenvalue weighted by Gasteiger charge is 2.14. The van der Waals surface area contributed by atoms with Gasteiger partial charge in [0.1, 0.15) is 5.82 Å². The molecule has 0 aromatic heterocycles. The summed E-state index contributed by atoms with van der Waals surface area (Å²) in [5.41, 5.74) is 7.16. The summed E-state index contributed by atoms with van der Waals surface area (Å²) >= 11 is 0. The average molecular weight is 225 g/mol. The number of carbonyl (C=O) groups is 1. The van der Waals surface area contributed by atoms with E-state index >= 15 is 0 Å². The fourth-order valence-corrected chi connectivity index (χ4v) is 1.42. The van der Waals surface area contributed by atoms with Gasteiger partial charge < -0.3 is 10.5 Å². The van der Waals surface area contributed by atoms with Crippen LogP contribution >= 0.6 is 0 Å². The number of carbonyl (C=O) groups excluding carboxylic acids is 1. The molecule has 0 bridgehead atoms. The summed E-state index contributed by atoms with van der Waals surface area (Å²) in [5.74, 6) is -0.482. The molecule has 0 aliphatic carbocycles. The van der Waals surface area contributed by atoms with Crippen LogP contribution in [0.3, 0.4) is 0 Å². The third-order valence-corrected chi connectivity index (χ3v) is 2.44. The largest absolute Gasteiger partial charge is 0.383 e. The first-order valence-corrected chi connectivity index (χ1v) is 5.07. The lowest BCUT2D eigenvalue weighted by molar-refractivity contribution is -0.120. The Hall–Kier alpha value is -1.26. The summed E-state index contributed by atoms with van der Waals surface area (Å²) in [4.78, 5) is 11.6. The first kappa shape index (κ1) is 12.8. The molecule has 1 aromatic rings. The highest BCUT2D eigenvalue weighted by molar-refractivity contribution is 5.86. The van der Waals surface area contributed by atoms with E-state index in [1.165, 1.54) is 19.2 Å². The van der Waals surface area contributed by atoms with E-state index in [2.05, 4.69) is 0 Å². The third kappa shape index (κ3) is 3.40. The van der Waals surface area contributed by atoms with Crippen molar-refractivity contribution in [1.29, 1.82) is 0 Å². The molecule has 0 spiro atoms. The van der Waals surface area contributed by atoms with E-state index < -0.39 is 6.04 Å². The van der Waals surface area contributed by atoms with Crippen molar-refractivity contribution in [2.24, 2.45) is 5.73 Å². The summed E-state index contributed by atoms with van der Waals surface area (Å²) < 4.78 is 17.8. The average Bonchev–Trinajstić information content (AvgIpc) is 2.23. The van der Waals surface area contributed by atoms with Gasteiger partial charge in [0.25, 0.3) is 0 Å². The van der Waals surface area contributed by atoms with Gasteiger partial charge in [-0.15, -0.1) is 0 Å². The Morgan fingerprint density at radius 1 is 1.56 bits per heavy atom. The summed E-state index contributed by atoms with van der Waals surface area (Å²) in [5, 5.41) is 0. The predicted octanol–water partition coefficient (Wildman–Crippen LogP) is 1.22. The summed E-state index contributed by atoms with van der Waals surface area (Å²) in [7, 11) is 1.49. The molecule has 4 heteroatoms. The highest BCUT2D eigenvalue weighted by Crippen LogP contribution is 2.11. The SMILES string of the molecule is COCC(N)C(=O)Cc1cc(F)ccc1C. The van der Waals surface area contributed by atoms with E-state index in [4.69, 9.17) is 10.5 Å². The van der Waals surface area contributed by atoms with E-state index in [-0.39, 0.29) is 24.6 Å². The Kier molecular flexibility index (Phi) is 4.58. The van der Waals surface area contributed by atoms with Gasteiger partial charge in [0.2, 0.25) is 0 Å². The molecule has 0 radical (unpaired) electrons. The minimum atomic E-state index is -0.646. The van der Waals surface area contributed by atoms with Gasteiger partial charge in [0.15, 0.2) is 5.78 Å². The topological polar surface area (TPSA) is 52.3 Å². The number of Topliss-reactive ketones (excluding diaryl/α,β-unsaturated/α-hetero) is 1. The van der Waals surface area contributed by atoms with Crippen molar-refractivity contribution < 1.29 is 13.9 Å². The van der Waals surface area contributed by atoms with E-state index in [1.807, 2.05) is 6.92 Å². The van der Waals surface area contributed by atoms with Crippen LogP contribution in [-0.4, -0.2) is 25.5 Å². The van der Waals surface area contributed by atoms with Crippen LogP contribution in [-0.2, 0) is 16.0 Å². The van der Waals surface area contributed by atoms with Gasteiger partial charge in [-0.2, -0.15) is 0 Å². The number of benzene rings is 1. The van der Waals surface area contributed by atoms with Crippen LogP contribution in [0, 0.1) is 12.7 Å². The van der Waals surface area contributed by atoms with Crippen molar-refractivity contribution in [2.45, 2.75) is 19.4 Å². The van der Waals surface area contributed by atoms with Gasteiger partial charge in [-0.25, -0.2) is 4.39 Å². The Balaban J connectivity index is 2.72. The van der Waals surface area contributed by atoms with Crippen molar-refractivity contribution in [1.82, 2.24) is 0 Å². The lowest BCUT2D eigenvalue weighted by atomic mass is 10.0. The number of ketones is 1. The first-order valence-electron chi connectivity index (χ1n) is 5.07. The molecule has 0 aliphatic heterocycles. The second-order valence-electron chi connectivity index (χ2n) is 3.78. The lowest BCUT2D eigenvalue weighted by Gasteiger charge is -2.10. The number of halogens is 1. The van der Waals surface area contributed by atoms with Crippen molar-refractivity contribution >= 4 is 5.78 Å². The van der Waals surface area contributed by atoms with Crippen LogP contribution in [0.1, 0.15) is 11.1 Å². The molecule has 16 heavy (non-hydrogen) atoms. The Labute approximate surface area is 94.4 Å². The number of hydrogen-bond donors (Lipinski definition) is 1. The van der Waals surface area contributed by atoms with E-state index in [1.54, 1.807) is 6.07 Å². The maximum Gasteiger partial charge on any atom is 0.156 e. The van der Waals surface area contributed by atoms with Crippen molar-refractivity contribution in [3.05, 3.63) is 35.1 Å². The molecule has 0 fully saturated rings. The summed E-state index contributed by atoms with van der Waals surface area (Å²) in [6.07, 6.45) is 0.147. The van der Waals surface area contributed by atoms with Crippen molar-refractivity contribution in [3.63, 3.8) is 0 Å². The molecule has 1 rings (SSSR count). The molecular weight excluding hydrogens is 209 g/mol. The smallest absolute Gasteiger partial charge is 0.156 e. The maximum absolute atomic E-state index is 13.0. The normalized spacial score (nSPS) is 12.5. The lowest BCUT2D eigenvalue weighted by Crippen LogP contribution is -2.36. The molecule has 88 valence electrons. The molecule has 1 aromatic carbocycles. The van der Waals surface area contributed by atoms with Gasteiger partial charge in [-0.1, -0.05) is 6.07 Å². The standard InChI is InChI=1S/C12H16FNO2/c1-8-3-4-10(13)5-9(8)6-12(15)11(14)7-16-2/h3-5,11H,6-7,14H2,1-2H3. The fourth-order valence-electron chi connectivity index (χ4n) is 1.42. The number of rotatable bonds is 5. The van der Waals surface area contributed by atoms with Gasteiger partial charge in [0.05, 0.1) is 12.6 Å². The van der Waals surface area contributed by atoms with Crippen LogP contribution in [0.2, 0.25) is 0 Å². The Morgan fingerprint density at radius 3 is 2.88 bits per heavy atom. The molecule has 0 saturated carbocycles. The Bertz CT molecular complexity index is 379. The van der Waals surface area contributed by atoms with Crippen LogP contribution in [0.4, 0.5) is 4.39 Å². The van der Waals surface area contributed by atoms with Crippen LogP contribution < -0.4 is 5.73 Å². The molecule has 0 aliphatic rings. The monoisotopic (exact) mass is 225 g/mol. The minimum absolute atomic E-state index is 0.143. The number of ether oxygens (including phenoxy) is 1. The van der Waals surface area contributed by atoms with Gasteiger partial charge >= 0.3 is 0 Å². The van der Waals surface area contributed by atoms with Crippen molar-refractivity contribution in [3.8, 4) is 0 Å². The molecule has 0 amide bonds. The van der Waals surface area contributed by atoms with Gasteiger partial charge in [-0.05, 0) is 30.2 Å². The number of hydrogen-bond acceptors (Lipinski definition) is 3. The molecule has 2 N–H and O–H groups in total. The Morgan fingerprint density at radius 2 is 2.25 bits per heavy atom. The van der Waals surface area contributed by atoms with E-state index in [9.17, 15) is 9.18 Å². The second-order valence-corrected chi connectivity index (χ2v) is 3.78. The van der Waals surface area contributed by atoms with Crippen molar-refractivity contribution in [2.75, 3.05) is 13.7 Å². The highest BCUT2D eigenvalue weighted by atomic mass is 19.1. The van der Waals surface area contributed by atoms with E-state index in [0.29, 0.717) is 5.56 Å². The number of aryl methyl sites for hydroxylation is 1. The number of methoxy groups -OCH3 is 1. The number of nitrogens with two attached hydrogens (primary N) is 1. The van der Waals surface area contributed by atoms with Gasteiger partial charge in [-0.3, -0.25) is 4.79 Å². The zero-order valence-corrected chi connectivity index (χ0v) is 9.50.